The van der Waals surface area contributed by atoms with Crippen molar-refractivity contribution in [1.29, 1.82) is 0 Å². The van der Waals surface area contributed by atoms with Gasteiger partial charge in [0.25, 0.3) is 0 Å². The van der Waals surface area contributed by atoms with E-state index in [1.54, 1.807) is 0 Å². The van der Waals surface area contributed by atoms with Gasteiger partial charge in [0.05, 0.1) is 5.56 Å². The van der Waals surface area contributed by atoms with Gasteiger partial charge >= 0.3 is 6.18 Å². The van der Waals surface area contributed by atoms with Crippen LogP contribution in [0.15, 0.2) is 18.2 Å². The minimum atomic E-state index is -4.36. The number of ketones is 1. The molecular weight excluding hydrogens is 277 g/mol. The number of hydrogen-bond donors (Lipinski definition) is 0. The number of benzene rings is 1. The lowest BCUT2D eigenvalue weighted by Gasteiger charge is -2.46. The van der Waals surface area contributed by atoms with E-state index >= 15 is 0 Å². The highest BCUT2D eigenvalue weighted by molar-refractivity contribution is 6.04. The van der Waals surface area contributed by atoms with Gasteiger partial charge in [0.2, 0.25) is 0 Å². The maximum atomic E-state index is 13.0. The van der Waals surface area contributed by atoms with Crippen LogP contribution in [-0.4, -0.2) is 5.78 Å². The van der Waals surface area contributed by atoms with Crippen molar-refractivity contribution in [1.82, 2.24) is 0 Å². The highest BCUT2D eigenvalue weighted by atomic mass is 19.4. The number of Topliss-reactive ketones (excluding diaryl/α,β-unsaturated/α-hetero) is 1. The van der Waals surface area contributed by atoms with E-state index in [1.807, 2.05) is 6.92 Å². The van der Waals surface area contributed by atoms with Crippen LogP contribution in [0.4, 0.5) is 13.2 Å². The van der Waals surface area contributed by atoms with Gasteiger partial charge < -0.3 is 0 Å². The van der Waals surface area contributed by atoms with Crippen LogP contribution in [0.2, 0.25) is 0 Å². The second-order valence-corrected chi connectivity index (χ2v) is 7.31. The van der Waals surface area contributed by atoms with E-state index < -0.39 is 17.2 Å². The Labute approximate surface area is 122 Å². The molecule has 4 heteroatoms. The third-order valence-electron chi connectivity index (χ3n) is 5.43. The maximum absolute atomic E-state index is 13.0. The molecule has 0 saturated heterocycles. The molecule has 0 aromatic heterocycles. The van der Waals surface area contributed by atoms with Crippen LogP contribution < -0.4 is 0 Å². The summed E-state index contributed by atoms with van der Waals surface area (Å²) in [5.41, 5.74) is -0.193. The van der Waals surface area contributed by atoms with E-state index in [1.165, 1.54) is 12.1 Å². The van der Waals surface area contributed by atoms with Crippen molar-refractivity contribution in [2.45, 2.75) is 51.6 Å². The van der Waals surface area contributed by atoms with Gasteiger partial charge in [-0.15, -0.1) is 0 Å². The molecule has 2 atom stereocenters. The molecule has 1 aromatic rings. The lowest BCUT2D eigenvalue weighted by atomic mass is 9.56. The standard InChI is InChI=1S/C17H19F3O/c1-15(2)7-4-8-16(3)12-9-10(17(18,19)20)5-6-11(12)13(21)14(15)16/h5-6,9,14H,4,7-8H2,1-3H3/t14-,16-/m0/s1. The van der Waals surface area contributed by atoms with Crippen molar-refractivity contribution >= 4 is 5.78 Å². The molecule has 0 N–H and O–H groups in total. The van der Waals surface area contributed by atoms with Crippen LogP contribution >= 0.6 is 0 Å². The predicted octanol–water partition coefficient (Wildman–Crippen LogP) is 4.99. The van der Waals surface area contributed by atoms with E-state index in [0.29, 0.717) is 11.1 Å². The third kappa shape index (κ3) is 1.95. The first-order valence-electron chi connectivity index (χ1n) is 7.33. The van der Waals surface area contributed by atoms with Gasteiger partial charge in [-0.2, -0.15) is 13.2 Å². The molecule has 114 valence electrons. The number of alkyl halides is 3. The highest BCUT2D eigenvalue weighted by Gasteiger charge is 2.57. The summed E-state index contributed by atoms with van der Waals surface area (Å²) in [5.74, 6) is -0.192. The zero-order chi connectivity index (χ0) is 15.6. The quantitative estimate of drug-likeness (QED) is 0.659. The highest BCUT2D eigenvalue weighted by Crippen LogP contribution is 2.58. The fraction of sp³-hybridized carbons (Fsp3) is 0.588. The van der Waals surface area contributed by atoms with Crippen molar-refractivity contribution in [2.24, 2.45) is 11.3 Å². The van der Waals surface area contributed by atoms with E-state index in [-0.39, 0.29) is 17.1 Å². The summed E-state index contributed by atoms with van der Waals surface area (Å²) in [6, 6.07) is 3.61. The SMILES string of the molecule is CC1(C)CCC[C@@]2(C)c3cc(C(F)(F)F)ccc3C(=O)[C@@H]12. The normalized spacial score (nSPS) is 31.0. The van der Waals surface area contributed by atoms with E-state index in [4.69, 9.17) is 0 Å². The van der Waals surface area contributed by atoms with E-state index in [9.17, 15) is 18.0 Å². The Kier molecular flexibility index (Phi) is 2.86. The largest absolute Gasteiger partial charge is 0.416 e. The molecule has 21 heavy (non-hydrogen) atoms. The molecule has 2 aliphatic carbocycles. The fourth-order valence-electron chi connectivity index (χ4n) is 4.56. The zero-order valence-corrected chi connectivity index (χ0v) is 12.5. The first kappa shape index (κ1) is 14.6. The minimum Gasteiger partial charge on any atom is -0.294 e. The topological polar surface area (TPSA) is 17.1 Å². The van der Waals surface area contributed by atoms with Crippen LogP contribution in [0.25, 0.3) is 0 Å². The lowest BCUT2D eigenvalue weighted by molar-refractivity contribution is -0.137. The Morgan fingerprint density at radius 2 is 1.81 bits per heavy atom. The molecule has 0 spiro atoms. The summed E-state index contributed by atoms with van der Waals surface area (Å²) < 4.78 is 38.9. The number of halogens is 3. The summed E-state index contributed by atoms with van der Waals surface area (Å²) in [7, 11) is 0. The average molecular weight is 296 g/mol. The van der Waals surface area contributed by atoms with Gasteiger partial charge in [0, 0.05) is 16.9 Å². The van der Waals surface area contributed by atoms with Crippen molar-refractivity contribution in [3.8, 4) is 0 Å². The number of hydrogen-bond acceptors (Lipinski definition) is 1. The molecular formula is C17H19F3O. The Hall–Kier alpha value is -1.32. The first-order chi connectivity index (χ1) is 9.57. The second kappa shape index (κ2) is 4.11. The lowest BCUT2D eigenvalue weighted by Crippen LogP contribution is -2.44. The molecule has 0 heterocycles. The Morgan fingerprint density at radius 3 is 2.43 bits per heavy atom. The molecule has 1 nitrogen and oxygen atoms in total. The first-order valence-corrected chi connectivity index (χ1v) is 7.33. The Balaban J connectivity index is 2.19. The van der Waals surface area contributed by atoms with Crippen LogP contribution in [0.3, 0.4) is 0 Å². The van der Waals surface area contributed by atoms with Crippen molar-refractivity contribution in [3.05, 3.63) is 34.9 Å². The number of fused-ring (bicyclic) bond motifs is 3. The number of rotatable bonds is 0. The van der Waals surface area contributed by atoms with E-state index in [0.717, 1.165) is 25.3 Å². The second-order valence-electron chi connectivity index (χ2n) is 7.31. The fourth-order valence-corrected chi connectivity index (χ4v) is 4.56. The molecule has 2 aliphatic rings. The summed E-state index contributed by atoms with van der Waals surface area (Å²) in [4.78, 5) is 12.7. The van der Waals surface area contributed by atoms with Gasteiger partial charge in [-0.3, -0.25) is 4.79 Å². The van der Waals surface area contributed by atoms with E-state index in [2.05, 4.69) is 13.8 Å². The van der Waals surface area contributed by atoms with Gasteiger partial charge in [0.1, 0.15) is 0 Å². The molecule has 0 bridgehead atoms. The molecule has 1 saturated carbocycles. The molecule has 1 fully saturated rings. The smallest absolute Gasteiger partial charge is 0.294 e. The molecule has 0 aliphatic heterocycles. The van der Waals surface area contributed by atoms with Crippen molar-refractivity contribution in [2.75, 3.05) is 0 Å². The monoisotopic (exact) mass is 296 g/mol. The third-order valence-corrected chi connectivity index (χ3v) is 5.43. The Morgan fingerprint density at radius 1 is 1.14 bits per heavy atom. The minimum absolute atomic E-state index is 0.0194. The van der Waals surface area contributed by atoms with Crippen LogP contribution in [0.5, 0.6) is 0 Å². The van der Waals surface area contributed by atoms with Crippen molar-refractivity contribution in [3.63, 3.8) is 0 Å². The summed E-state index contributed by atoms with van der Waals surface area (Å²) in [6.07, 6.45) is -1.69. The molecule has 0 amide bonds. The molecule has 0 radical (unpaired) electrons. The van der Waals surface area contributed by atoms with Gasteiger partial charge in [-0.25, -0.2) is 0 Å². The molecule has 1 aromatic carbocycles. The maximum Gasteiger partial charge on any atom is 0.416 e. The van der Waals surface area contributed by atoms with Crippen molar-refractivity contribution < 1.29 is 18.0 Å². The predicted molar refractivity (Wildman–Crippen MR) is 74.2 cm³/mol. The van der Waals surface area contributed by atoms with Crippen LogP contribution in [0.1, 0.15) is 61.5 Å². The number of carbonyl (C=O) groups is 1. The molecule has 0 unspecified atom stereocenters. The Bertz CT molecular complexity index is 615. The van der Waals surface area contributed by atoms with Crippen LogP contribution in [-0.2, 0) is 11.6 Å². The summed E-state index contributed by atoms with van der Waals surface area (Å²) in [5, 5.41) is 0. The van der Waals surface area contributed by atoms with Gasteiger partial charge in [0.15, 0.2) is 5.78 Å². The summed E-state index contributed by atoms with van der Waals surface area (Å²) in [6.45, 7) is 6.08. The molecule has 3 rings (SSSR count). The van der Waals surface area contributed by atoms with Gasteiger partial charge in [-0.1, -0.05) is 33.3 Å². The van der Waals surface area contributed by atoms with Crippen LogP contribution in [0, 0.1) is 11.3 Å². The number of carbonyl (C=O) groups excluding carboxylic acids is 1. The average Bonchev–Trinajstić information content (AvgIpc) is 2.58. The van der Waals surface area contributed by atoms with Gasteiger partial charge in [-0.05, 0) is 36.0 Å². The zero-order valence-electron chi connectivity index (χ0n) is 12.5. The summed E-state index contributed by atoms with van der Waals surface area (Å²) >= 11 is 0.